The Bertz CT molecular complexity index is 615. The number of nitrogens with zero attached hydrogens (tertiary/aromatic N) is 3. The first-order chi connectivity index (χ1) is 12.2. The van der Waals surface area contributed by atoms with Gasteiger partial charge in [-0.1, -0.05) is 18.9 Å². The van der Waals surface area contributed by atoms with Crippen molar-refractivity contribution in [1.82, 2.24) is 14.8 Å². The Kier molecular flexibility index (Phi) is 4.93. The van der Waals surface area contributed by atoms with E-state index in [0.29, 0.717) is 17.7 Å². The molecule has 0 radical (unpaired) electrons. The number of aromatic nitrogens is 1. The summed E-state index contributed by atoms with van der Waals surface area (Å²) in [7, 11) is 1.66. The first kappa shape index (κ1) is 16.8. The molecule has 25 heavy (non-hydrogen) atoms. The van der Waals surface area contributed by atoms with Crippen molar-refractivity contribution in [3.05, 3.63) is 23.9 Å². The Balaban J connectivity index is 1.46. The molecule has 0 spiro atoms. The number of likely N-dealkylation sites (tertiary alicyclic amines) is 2. The fourth-order valence-electron chi connectivity index (χ4n) is 4.93. The van der Waals surface area contributed by atoms with Crippen molar-refractivity contribution in [2.45, 2.75) is 51.1 Å². The van der Waals surface area contributed by atoms with Gasteiger partial charge in [-0.25, -0.2) is 4.98 Å². The SMILES string of the molecule is COc1ncccc1CN1CC[C@H]2C[C@@H]1C(=O)N(CC1CCCC1)C2. The van der Waals surface area contributed by atoms with Gasteiger partial charge in [0.25, 0.3) is 0 Å². The molecule has 1 aliphatic carbocycles. The molecule has 2 aliphatic heterocycles. The number of hydrogen-bond acceptors (Lipinski definition) is 4. The summed E-state index contributed by atoms with van der Waals surface area (Å²) in [4.78, 5) is 21.9. The van der Waals surface area contributed by atoms with Gasteiger partial charge in [-0.05, 0) is 50.1 Å². The lowest BCUT2D eigenvalue weighted by Crippen LogP contribution is -2.59. The molecule has 2 bridgehead atoms. The predicted octanol–water partition coefficient (Wildman–Crippen LogP) is 2.70. The molecule has 0 N–H and O–H groups in total. The highest BCUT2D eigenvalue weighted by atomic mass is 16.5. The molecule has 1 aromatic rings. The van der Waals surface area contributed by atoms with Gasteiger partial charge in [0.05, 0.1) is 13.2 Å². The number of carbonyl (C=O) groups is 1. The molecule has 3 heterocycles. The van der Waals surface area contributed by atoms with E-state index >= 15 is 0 Å². The van der Waals surface area contributed by atoms with Gasteiger partial charge >= 0.3 is 0 Å². The number of ether oxygens (including phenoxy) is 1. The predicted molar refractivity (Wildman–Crippen MR) is 96.2 cm³/mol. The quantitative estimate of drug-likeness (QED) is 0.825. The fourth-order valence-corrected chi connectivity index (χ4v) is 4.93. The first-order valence-electron chi connectivity index (χ1n) is 9.75. The van der Waals surface area contributed by atoms with E-state index in [-0.39, 0.29) is 6.04 Å². The van der Waals surface area contributed by atoms with Gasteiger partial charge in [-0.15, -0.1) is 0 Å². The van der Waals surface area contributed by atoms with Crippen LogP contribution in [0, 0.1) is 11.8 Å². The monoisotopic (exact) mass is 343 g/mol. The van der Waals surface area contributed by atoms with E-state index in [2.05, 4.69) is 20.9 Å². The van der Waals surface area contributed by atoms with Crippen LogP contribution in [0.15, 0.2) is 18.3 Å². The summed E-state index contributed by atoms with van der Waals surface area (Å²) >= 11 is 0. The van der Waals surface area contributed by atoms with Crippen molar-refractivity contribution in [1.29, 1.82) is 0 Å². The van der Waals surface area contributed by atoms with E-state index < -0.39 is 0 Å². The Hall–Kier alpha value is -1.62. The molecule has 3 aliphatic rings. The zero-order chi connectivity index (χ0) is 17.2. The topological polar surface area (TPSA) is 45.7 Å². The van der Waals surface area contributed by atoms with Gasteiger partial charge in [0, 0.05) is 31.4 Å². The summed E-state index contributed by atoms with van der Waals surface area (Å²) in [5, 5.41) is 0. The highest BCUT2D eigenvalue weighted by Gasteiger charge is 2.41. The Labute approximate surface area is 150 Å². The third kappa shape index (κ3) is 3.52. The number of piperidine rings is 2. The van der Waals surface area contributed by atoms with Gasteiger partial charge in [0.15, 0.2) is 0 Å². The molecule has 5 nitrogen and oxygen atoms in total. The largest absolute Gasteiger partial charge is 0.481 e. The van der Waals surface area contributed by atoms with E-state index in [9.17, 15) is 4.79 Å². The molecule has 0 aromatic carbocycles. The van der Waals surface area contributed by atoms with Crippen molar-refractivity contribution < 1.29 is 9.53 Å². The summed E-state index contributed by atoms with van der Waals surface area (Å²) in [6.45, 7) is 3.71. The maximum Gasteiger partial charge on any atom is 0.239 e. The van der Waals surface area contributed by atoms with Crippen LogP contribution in [-0.4, -0.2) is 53.5 Å². The maximum atomic E-state index is 13.1. The minimum atomic E-state index is 0.0406. The highest BCUT2D eigenvalue weighted by Crippen LogP contribution is 2.34. The number of rotatable bonds is 5. The van der Waals surface area contributed by atoms with Gasteiger partial charge in [0.1, 0.15) is 0 Å². The van der Waals surface area contributed by atoms with Crippen LogP contribution in [0.25, 0.3) is 0 Å². The van der Waals surface area contributed by atoms with Gasteiger partial charge in [-0.2, -0.15) is 0 Å². The molecule has 1 saturated carbocycles. The standard InChI is InChI=1S/C20H29N3O2/c1-25-19-17(7-4-9-21-19)14-22-10-8-16-11-18(22)20(24)23(13-16)12-15-5-2-3-6-15/h4,7,9,15-16,18H,2-3,5-6,8,10-14H2,1H3/t16-,18+/m0/s1. The van der Waals surface area contributed by atoms with E-state index in [4.69, 9.17) is 4.74 Å². The third-order valence-electron chi connectivity index (χ3n) is 6.27. The zero-order valence-corrected chi connectivity index (χ0v) is 15.2. The second-order valence-corrected chi connectivity index (χ2v) is 7.94. The number of pyridine rings is 1. The smallest absolute Gasteiger partial charge is 0.239 e. The first-order valence-corrected chi connectivity index (χ1v) is 9.75. The minimum absolute atomic E-state index is 0.0406. The fraction of sp³-hybridized carbons (Fsp3) is 0.700. The van der Waals surface area contributed by atoms with Crippen LogP contribution in [0.1, 0.15) is 44.1 Å². The molecular weight excluding hydrogens is 314 g/mol. The number of fused-ring (bicyclic) bond motifs is 2. The molecule has 136 valence electrons. The number of hydrogen-bond donors (Lipinski definition) is 0. The Morgan fingerprint density at radius 2 is 2.12 bits per heavy atom. The second kappa shape index (κ2) is 7.32. The number of methoxy groups -OCH3 is 1. The lowest BCUT2D eigenvalue weighted by atomic mass is 9.85. The molecular formula is C20H29N3O2. The number of carbonyl (C=O) groups excluding carboxylic acids is 1. The summed E-state index contributed by atoms with van der Waals surface area (Å²) in [6, 6.07) is 4.04. The minimum Gasteiger partial charge on any atom is -0.481 e. The Morgan fingerprint density at radius 3 is 2.92 bits per heavy atom. The van der Waals surface area contributed by atoms with Crippen molar-refractivity contribution in [2.24, 2.45) is 11.8 Å². The molecule has 5 heteroatoms. The van der Waals surface area contributed by atoms with E-state index in [1.54, 1.807) is 13.3 Å². The van der Waals surface area contributed by atoms with Crippen molar-refractivity contribution in [3.63, 3.8) is 0 Å². The molecule has 0 unspecified atom stereocenters. The molecule has 1 amide bonds. The maximum absolute atomic E-state index is 13.1. The van der Waals surface area contributed by atoms with Gasteiger partial charge in [0.2, 0.25) is 11.8 Å². The molecule has 1 aromatic heterocycles. The van der Waals surface area contributed by atoms with Crippen LogP contribution >= 0.6 is 0 Å². The van der Waals surface area contributed by atoms with Crippen molar-refractivity contribution in [3.8, 4) is 5.88 Å². The molecule has 2 saturated heterocycles. The average Bonchev–Trinajstić information content (AvgIpc) is 3.14. The Morgan fingerprint density at radius 1 is 1.28 bits per heavy atom. The third-order valence-corrected chi connectivity index (χ3v) is 6.27. The van der Waals surface area contributed by atoms with Gasteiger partial charge < -0.3 is 9.64 Å². The van der Waals surface area contributed by atoms with Crippen LogP contribution in [0.2, 0.25) is 0 Å². The normalized spacial score (nSPS) is 27.7. The number of amides is 1. The van der Waals surface area contributed by atoms with E-state index in [1.807, 2.05) is 6.07 Å². The van der Waals surface area contributed by atoms with Crippen LogP contribution in [-0.2, 0) is 11.3 Å². The molecule has 3 fully saturated rings. The molecule has 4 rings (SSSR count). The van der Waals surface area contributed by atoms with E-state index in [1.165, 1.54) is 32.1 Å². The second-order valence-electron chi connectivity index (χ2n) is 7.94. The van der Waals surface area contributed by atoms with Crippen LogP contribution in [0.4, 0.5) is 0 Å². The average molecular weight is 343 g/mol. The van der Waals surface area contributed by atoms with Crippen LogP contribution < -0.4 is 4.74 Å². The van der Waals surface area contributed by atoms with Crippen molar-refractivity contribution in [2.75, 3.05) is 26.7 Å². The van der Waals surface area contributed by atoms with Gasteiger partial charge in [-0.3, -0.25) is 9.69 Å². The lowest BCUT2D eigenvalue weighted by Gasteiger charge is -2.47. The van der Waals surface area contributed by atoms with Crippen molar-refractivity contribution >= 4 is 5.91 Å². The molecule has 2 atom stereocenters. The van der Waals surface area contributed by atoms with Crippen LogP contribution in [0.5, 0.6) is 5.88 Å². The summed E-state index contributed by atoms with van der Waals surface area (Å²) in [5.74, 6) is 2.44. The van der Waals surface area contributed by atoms with E-state index in [0.717, 1.165) is 44.1 Å². The highest BCUT2D eigenvalue weighted by molar-refractivity contribution is 5.83. The summed E-state index contributed by atoms with van der Waals surface area (Å²) in [5.41, 5.74) is 1.07. The summed E-state index contributed by atoms with van der Waals surface area (Å²) in [6.07, 6.45) is 9.24. The van der Waals surface area contributed by atoms with Crippen LogP contribution in [0.3, 0.4) is 0 Å². The zero-order valence-electron chi connectivity index (χ0n) is 15.2. The lowest BCUT2D eigenvalue weighted by molar-refractivity contribution is -0.146. The summed E-state index contributed by atoms with van der Waals surface area (Å²) < 4.78 is 5.39.